The van der Waals surface area contributed by atoms with Crippen molar-refractivity contribution in [1.82, 2.24) is 0 Å². The van der Waals surface area contributed by atoms with E-state index in [0.29, 0.717) is 24.5 Å². The van der Waals surface area contributed by atoms with Crippen molar-refractivity contribution in [2.75, 3.05) is 6.61 Å². The molecule has 1 aliphatic rings. The maximum absolute atomic E-state index is 7.13. The van der Waals surface area contributed by atoms with Gasteiger partial charge in [-0.25, -0.2) is 0 Å². The first-order valence-corrected chi connectivity index (χ1v) is 5.83. The Hall–Kier alpha value is -0.570. The van der Waals surface area contributed by atoms with Gasteiger partial charge in [0.2, 0.25) is 0 Å². The second-order valence-electron chi connectivity index (χ2n) is 5.68. The Labute approximate surface area is 92.9 Å². The minimum absolute atomic E-state index is 0.220. The molecule has 0 saturated heterocycles. The zero-order chi connectivity index (χ0) is 11.5. The first-order valence-electron chi connectivity index (χ1n) is 5.83. The summed E-state index contributed by atoms with van der Waals surface area (Å²) >= 11 is 0. The van der Waals surface area contributed by atoms with Crippen LogP contribution < -0.4 is 5.73 Å². The third-order valence-corrected chi connectivity index (χ3v) is 3.07. The quantitative estimate of drug-likeness (QED) is 0.555. The van der Waals surface area contributed by atoms with Gasteiger partial charge in [-0.15, -0.1) is 0 Å². The van der Waals surface area contributed by atoms with Crippen molar-refractivity contribution in [3.8, 4) is 0 Å². The number of hydrogen-bond acceptors (Lipinski definition) is 2. The minimum atomic E-state index is 0.220. The average molecular weight is 212 g/mol. The molecule has 3 heteroatoms. The molecule has 3 N–H and O–H groups in total. The molecule has 0 heterocycles. The number of hydrogen-bond donors (Lipinski definition) is 2. The highest BCUT2D eigenvalue weighted by Gasteiger charge is 2.32. The molecule has 0 bridgehead atoms. The van der Waals surface area contributed by atoms with Crippen LogP contribution in [0, 0.1) is 16.7 Å². The molecule has 3 nitrogen and oxygen atoms in total. The summed E-state index contributed by atoms with van der Waals surface area (Å²) in [6, 6.07) is 0. The smallest absolute Gasteiger partial charge is 0.0928 e. The summed E-state index contributed by atoms with van der Waals surface area (Å²) in [6.45, 7) is 7.51. The van der Waals surface area contributed by atoms with Gasteiger partial charge >= 0.3 is 0 Å². The molecular weight excluding hydrogens is 188 g/mol. The first kappa shape index (κ1) is 12.5. The molecule has 0 aliphatic heterocycles. The molecule has 1 aliphatic carbocycles. The molecular formula is C12H24N2O. The van der Waals surface area contributed by atoms with Crippen LogP contribution in [0.15, 0.2) is 0 Å². The predicted molar refractivity (Wildman–Crippen MR) is 63.1 cm³/mol. The lowest BCUT2D eigenvalue weighted by molar-refractivity contribution is -0.0200. The van der Waals surface area contributed by atoms with Crippen molar-refractivity contribution >= 4 is 5.84 Å². The first-order chi connectivity index (χ1) is 6.89. The van der Waals surface area contributed by atoms with E-state index in [1.807, 2.05) is 0 Å². The Morgan fingerprint density at radius 1 is 1.47 bits per heavy atom. The Morgan fingerprint density at radius 2 is 2.13 bits per heavy atom. The summed E-state index contributed by atoms with van der Waals surface area (Å²) in [5.74, 6) is 0.967. The molecule has 0 radical (unpaired) electrons. The van der Waals surface area contributed by atoms with E-state index in [9.17, 15) is 0 Å². The van der Waals surface area contributed by atoms with Crippen molar-refractivity contribution in [2.24, 2.45) is 17.1 Å². The van der Waals surface area contributed by atoms with E-state index < -0.39 is 0 Å². The van der Waals surface area contributed by atoms with E-state index in [4.69, 9.17) is 15.9 Å². The van der Waals surface area contributed by atoms with Crippen LogP contribution in [0.2, 0.25) is 0 Å². The van der Waals surface area contributed by atoms with Gasteiger partial charge < -0.3 is 10.5 Å². The zero-order valence-electron chi connectivity index (χ0n) is 10.2. The van der Waals surface area contributed by atoms with Crippen LogP contribution in [-0.2, 0) is 4.74 Å². The Kier molecular flexibility index (Phi) is 4.14. The number of ether oxygens (including phenoxy) is 1. The summed E-state index contributed by atoms with van der Waals surface area (Å²) < 4.78 is 5.78. The minimum Gasteiger partial charge on any atom is -0.388 e. The second-order valence-corrected chi connectivity index (χ2v) is 5.68. The molecule has 2 unspecified atom stereocenters. The molecule has 0 aromatic heterocycles. The van der Waals surface area contributed by atoms with E-state index >= 15 is 0 Å². The normalized spacial score (nSPS) is 30.1. The van der Waals surface area contributed by atoms with E-state index in [2.05, 4.69) is 20.8 Å². The van der Waals surface area contributed by atoms with Crippen LogP contribution in [0.25, 0.3) is 0 Å². The van der Waals surface area contributed by atoms with Crippen LogP contribution in [0.3, 0.4) is 0 Å². The lowest BCUT2D eigenvalue weighted by Crippen LogP contribution is -2.33. The van der Waals surface area contributed by atoms with Gasteiger partial charge in [-0.1, -0.05) is 20.8 Å². The van der Waals surface area contributed by atoms with Crippen LogP contribution >= 0.6 is 0 Å². The maximum atomic E-state index is 7.13. The SMILES string of the molecule is CC1CC(OCCC(=N)N)CC(C)(C)C1. The van der Waals surface area contributed by atoms with Crippen LogP contribution in [0.4, 0.5) is 0 Å². The predicted octanol–water partition coefficient (Wildman–Crippen LogP) is 2.54. The highest BCUT2D eigenvalue weighted by Crippen LogP contribution is 2.39. The molecule has 15 heavy (non-hydrogen) atoms. The van der Waals surface area contributed by atoms with Crippen molar-refractivity contribution in [1.29, 1.82) is 5.41 Å². The molecule has 2 atom stereocenters. The van der Waals surface area contributed by atoms with Gasteiger partial charge in [0, 0.05) is 6.42 Å². The molecule has 0 aromatic rings. The summed E-state index contributed by atoms with van der Waals surface area (Å²) in [6.07, 6.45) is 4.50. The summed E-state index contributed by atoms with van der Waals surface area (Å²) in [4.78, 5) is 0. The van der Waals surface area contributed by atoms with Crippen molar-refractivity contribution < 1.29 is 4.74 Å². The topological polar surface area (TPSA) is 59.1 Å². The van der Waals surface area contributed by atoms with Gasteiger partial charge in [-0.3, -0.25) is 5.41 Å². The molecule has 1 rings (SSSR count). The standard InChI is InChI=1S/C12H24N2O/c1-9-6-10(8-12(2,3)7-9)15-5-4-11(13)14/h9-10H,4-8H2,1-3H3,(H3,13,14). The number of amidine groups is 1. The fourth-order valence-electron chi connectivity index (χ4n) is 2.72. The van der Waals surface area contributed by atoms with Gasteiger partial charge in [0.05, 0.1) is 18.5 Å². The summed E-state index contributed by atoms with van der Waals surface area (Å²) in [5.41, 5.74) is 5.69. The van der Waals surface area contributed by atoms with Gasteiger partial charge in [0.15, 0.2) is 0 Å². The number of nitrogens with one attached hydrogen (secondary N) is 1. The van der Waals surface area contributed by atoms with Gasteiger partial charge in [-0.05, 0) is 30.6 Å². The molecule has 0 spiro atoms. The highest BCUT2D eigenvalue weighted by molar-refractivity contribution is 5.76. The summed E-state index contributed by atoms with van der Waals surface area (Å²) in [7, 11) is 0. The van der Waals surface area contributed by atoms with E-state index in [-0.39, 0.29) is 5.84 Å². The number of nitrogens with two attached hydrogens (primary N) is 1. The third kappa shape index (κ3) is 4.65. The fourth-order valence-corrected chi connectivity index (χ4v) is 2.72. The Bertz CT molecular complexity index is 226. The zero-order valence-corrected chi connectivity index (χ0v) is 10.2. The van der Waals surface area contributed by atoms with E-state index in [1.165, 1.54) is 6.42 Å². The largest absolute Gasteiger partial charge is 0.388 e. The van der Waals surface area contributed by atoms with Crippen molar-refractivity contribution in [3.05, 3.63) is 0 Å². The van der Waals surface area contributed by atoms with Gasteiger partial charge in [0.25, 0.3) is 0 Å². The number of rotatable bonds is 4. The molecule has 0 aromatic carbocycles. The van der Waals surface area contributed by atoms with E-state index in [0.717, 1.165) is 18.8 Å². The molecule has 1 saturated carbocycles. The van der Waals surface area contributed by atoms with Crippen LogP contribution in [0.5, 0.6) is 0 Å². The molecule has 0 amide bonds. The fraction of sp³-hybridized carbons (Fsp3) is 0.917. The van der Waals surface area contributed by atoms with Crippen molar-refractivity contribution in [2.45, 2.75) is 52.6 Å². The van der Waals surface area contributed by atoms with Gasteiger partial charge in [0.1, 0.15) is 0 Å². The monoisotopic (exact) mass is 212 g/mol. The third-order valence-electron chi connectivity index (χ3n) is 3.07. The maximum Gasteiger partial charge on any atom is 0.0928 e. The lowest BCUT2D eigenvalue weighted by Gasteiger charge is -2.38. The lowest BCUT2D eigenvalue weighted by atomic mass is 9.71. The average Bonchev–Trinajstić information content (AvgIpc) is 1.98. The van der Waals surface area contributed by atoms with Crippen LogP contribution in [0.1, 0.15) is 46.5 Å². The van der Waals surface area contributed by atoms with Gasteiger partial charge in [-0.2, -0.15) is 0 Å². The summed E-state index contributed by atoms with van der Waals surface area (Å²) in [5, 5.41) is 7.13. The highest BCUT2D eigenvalue weighted by atomic mass is 16.5. The van der Waals surface area contributed by atoms with Crippen molar-refractivity contribution in [3.63, 3.8) is 0 Å². The Balaban J connectivity index is 2.32. The second kappa shape index (κ2) is 4.97. The van der Waals surface area contributed by atoms with Crippen LogP contribution in [-0.4, -0.2) is 18.5 Å². The molecule has 1 fully saturated rings. The Morgan fingerprint density at radius 3 is 2.67 bits per heavy atom. The van der Waals surface area contributed by atoms with E-state index in [1.54, 1.807) is 0 Å². The molecule has 88 valence electrons.